The van der Waals surface area contributed by atoms with Crippen molar-refractivity contribution >= 4 is 5.91 Å². The smallest absolute Gasteiger partial charge is 0.223 e. The van der Waals surface area contributed by atoms with Crippen molar-refractivity contribution in [2.24, 2.45) is 11.8 Å². The molecule has 0 aromatic carbocycles. The Morgan fingerprint density at radius 3 is 2.85 bits per heavy atom. The van der Waals surface area contributed by atoms with Crippen LogP contribution in [0.15, 0.2) is 0 Å². The number of carbonyl (C=O) groups is 1. The Bertz CT molecular complexity index is 265. The van der Waals surface area contributed by atoms with E-state index in [-0.39, 0.29) is 17.7 Å². The molecule has 1 saturated carbocycles. The summed E-state index contributed by atoms with van der Waals surface area (Å²) in [6, 6.07) is 2.75. The lowest BCUT2D eigenvalue weighted by atomic mass is 9.95. The van der Waals surface area contributed by atoms with Crippen molar-refractivity contribution < 1.29 is 4.79 Å². The first-order valence-electron chi connectivity index (χ1n) is 4.91. The summed E-state index contributed by atoms with van der Waals surface area (Å²) < 4.78 is 0. The highest BCUT2D eigenvalue weighted by Gasteiger charge is 2.40. The Kier molecular flexibility index (Phi) is 1.99. The van der Waals surface area contributed by atoms with Gasteiger partial charge in [0.2, 0.25) is 5.91 Å². The van der Waals surface area contributed by atoms with Crippen LogP contribution in [-0.4, -0.2) is 23.4 Å². The third-order valence-electron chi connectivity index (χ3n) is 3.09. The van der Waals surface area contributed by atoms with Crippen molar-refractivity contribution in [3.8, 4) is 6.07 Å². The van der Waals surface area contributed by atoms with Gasteiger partial charge in [0.1, 0.15) is 0 Å². The molecule has 70 valence electrons. The molecule has 1 saturated heterocycles. The van der Waals surface area contributed by atoms with Gasteiger partial charge in [-0.2, -0.15) is 5.26 Å². The molecule has 1 heterocycles. The molecule has 0 aromatic rings. The molecule has 1 aliphatic carbocycles. The van der Waals surface area contributed by atoms with E-state index in [9.17, 15) is 4.79 Å². The van der Waals surface area contributed by atoms with Crippen LogP contribution in [0.5, 0.6) is 0 Å². The third kappa shape index (κ3) is 1.53. The first-order chi connectivity index (χ1) is 6.22. The molecule has 0 radical (unpaired) electrons. The fraction of sp³-hybridized carbons (Fsp3) is 0.800. The quantitative estimate of drug-likeness (QED) is 0.636. The van der Waals surface area contributed by atoms with Crippen LogP contribution in [0.3, 0.4) is 0 Å². The molecule has 0 N–H and O–H groups in total. The van der Waals surface area contributed by atoms with E-state index < -0.39 is 0 Å². The Balaban J connectivity index is 1.98. The van der Waals surface area contributed by atoms with E-state index in [1.165, 1.54) is 12.8 Å². The second-order valence-electron chi connectivity index (χ2n) is 4.16. The van der Waals surface area contributed by atoms with Crippen molar-refractivity contribution in [3.63, 3.8) is 0 Å². The Labute approximate surface area is 78.3 Å². The highest BCUT2D eigenvalue weighted by Crippen LogP contribution is 2.34. The maximum Gasteiger partial charge on any atom is 0.223 e. The minimum atomic E-state index is 0.0210. The number of amides is 1. The van der Waals surface area contributed by atoms with Gasteiger partial charge in [-0.25, -0.2) is 0 Å². The van der Waals surface area contributed by atoms with Gasteiger partial charge in [-0.1, -0.05) is 0 Å². The highest BCUT2D eigenvalue weighted by molar-refractivity contribution is 5.79. The van der Waals surface area contributed by atoms with E-state index >= 15 is 0 Å². The van der Waals surface area contributed by atoms with Gasteiger partial charge in [0.05, 0.1) is 6.07 Å². The van der Waals surface area contributed by atoms with Crippen LogP contribution >= 0.6 is 0 Å². The highest BCUT2D eigenvalue weighted by atomic mass is 16.2. The first-order valence-corrected chi connectivity index (χ1v) is 4.91. The number of carbonyl (C=O) groups excluding carboxylic acids is 1. The topological polar surface area (TPSA) is 44.1 Å². The largest absolute Gasteiger partial charge is 0.339 e. The van der Waals surface area contributed by atoms with Gasteiger partial charge in [-0.15, -0.1) is 0 Å². The summed E-state index contributed by atoms with van der Waals surface area (Å²) in [7, 11) is 0. The average molecular weight is 178 g/mol. The molecular formula is C10H14N2O. The lowest BCUT2D eigenvalue weighted by Gasteiger charge is -2.15. The van der Waals surface area contributed by atoms with Gasteiger partial charge < -0.3 is 4.90 Å². The molecular weight excluding hydrogens is 164 g/mol. The molecule has 3 heteroatoms. The molecule has 3 nitrogen and oxygen atoms in total. The van der Waals surface area contributed by atoms with Crippen LogP contribution in [0, 0.1) is 23.2 Å². The monoisotopic (exact) mass is 178 g/mol. The van der Waals surface area contributed by atoms with Crippen molar-refractivity contribution in [1.29, 1.82) is 5.26 Å². The van der Waals surface area contributed by atoms with Crippen molar-refractivity contribution in [2.45, 2.75) is 32.2 Å². The molecule has 2 atom stereocenters. The summed E-state index contributed by atoms with van der Waals surface area (Å²) in [6.45, 7) is 2.73. The van der Waals surface area contributed by atoms with Gasteiger partial charge >= 0.3 is 0 Å². The summed E-state index contributed by atoms with van der Waals surface area (Å²) in [6.07, 6.45) is 2.92. The van der Waals surface area contributed by atoms with Gasteiger partial charge in [0, 0.05) is 30.8 Å². The lowest BCUT2D eigenvalue weighted by Crippen LogP contribution is -2.27. The Morgan fingerprint density at radius 2 is 2.31 bits per heavy atom. The molecule has 0 aromatic heterocycles. The zero-order chi connectivity index (χ0) is 9.42. The molecule has 1 amide bonds. The van der Waals surface area contributed by atoms with Gasteiger partial charge in [0.25, 0.3) is 0 Å². The predicted molar refractivity (Wildman–Crippen MR) is 47.6 cm³/mol. The van der Waals surface area contributed by atoms with E-state index in [1.807, 2.05) is 11.8 Å². The van der Waals surface area contributed by atoms with Gasteiger partial charge in [-0.05, 0) is 19.8 Å². The summed E-state index contributed by atoms with van der Waals surface area (Å²) in [5.74, 6) is 0.556. The van der Waals surface area contributed by atoms with E-state index in [0.29, 0.717) is 12.5 Å². The van der Waals surface area contributed by atoms with Crippen LogP contribution in [0.25, 0.3) is 0 Å². The normalized spacial score (nSPS) is 30.3. The maximum atomic E-state index is 11.5. The number of hydrogen-bond acceptors (Lipinski definition) is 2. The fourth-order valence-corrected chi connectivity index (χ4v) is 1.94. The SMILES string of the molecule is CC(C#N)C1CC(=O)N(C2CC2)C1. The van der Waals surface area contributed by atoms with Crippen LogP contribution in [-0.2, 0) is 4.79 Å². The summed E-state index contributed by atoms with van der Waals surface area (Å²) in [4.78, 5) is 13.5. The summed E-state index contributed by atoms with van der Waals surface area (Å²) in [5, 5.41) is 8.74. The minimum Gasteiger partial charge on any atom is -0.339 e. The van der Waals surface area contributed by atoms with Crippen LogP contribution in [0.2, 0.25) is 0 Å². The molecule has 0 bridgehead atoms. The average Bonchev–Trinajstić information content (AvgIpc) is 2.89. The molecule has 2 fully saturated rings. The first kappa shape index (κ1) is 8.55. The molecule has 2 aliphatic rings. The molecule has 0 spiro atoms. The number of hydrogen-bond donors (Lipinski definition) is 0. The van der Waals surface area contributed by atoms with Crippen LogP contribution in [0.1, 0.15) is 26.2 Å². The van der Waals surface area contributed by atoms with Crippen molar-refractivity contribution in [2.75, 3.05) is 6.54 Å². The molecule has 2 unspecified atom stereocenters. The van der Waals surface area contributed by atoms with E-state index in [2.05, 4.69) is 6.07 Å². The predicted octanol–water partition coefficient (Wildman–Crippen LogP) is 1.16. The maximum absolute atomic E-state index is 11.5. The second-order valence-corrected chi connectivity index (χ2v) is 4.16. The zero-order valence-corrected chi connectivity index (χ0v) is 7.86. The van der Waals surface area contributed by atoms with E-state index in [0.717, 1.165) is 6.54 Å². The minimum absolute atomic E-state index is 0.0210. The standard InChI is InChI=1S/C10H14N2O/c1-7(5-11)8-4-10(13)12(6-8)9-2-3-9/h7-9H,2-4,6H2,1H3. The van der Waals surface area contributed by atoms with E-state index in [1.54, 1.807) is 0 Å². The summed E-state index contributed by atoms with van der Waals surface area (Å²) in [5.41, 5.74) is 0. The third-order valence-corrected chi connectivity index (χ3v) is 3.09. The second kappa shape index (κ2) is 3.02. The van der Waals surface area contributed by atoms with Crippen molar-refractivity contribution in [3.05, 3.63) is 0 Å². The van der Waals surface area contributed by atoms with Crippen LogP contribution < -0.4 is 0 Å². The molecule has 2 rings (SSSR count). The number of nitrogens with zero attached hydrogens (tertiary/aromatic N) is 2. The molecule has 13 heavy (non-hydrogen) atoms. The van der Waals surface area contributed by atoms with Gasteiger partial charge in [0.15, 0.2) is 0 Å². The molecule has 1 aliphatic heterocycles. The Morgan fingerprint density at radius 1 is 1.62 bits per heavy atom. The number of nitriles is 1. The van der Waals surface area contributed by atoms with Crippen LogP contribution in [0.4, 0.5) is 0 Å². The van der Waals surface area contributed by atoms with E-state index in [4.69, 9.17) is 5.26 Å². The number of likely N-dealkylation sites (tertiary alicyclic amines) is 1. The van der Waals surface area contributed by atoms with Crippen molar-refractivity contribution in [1.82, 2.24) is 4.90 Å². The number of rotatable bonds is 2. The summed E-state index contributed by atoms with van der Waals surface area (Å²) >= 11 is 0. The fourth-order valence-electron chi connectivity index (χ4n) is 1.94. The van der Waals surface area contributed by atoms with Gasteiger partial charge in [-0.3, -0.25) is 4.79 Å². The lowest BCUT2D eigenvalue weighted by molar-refractivity contribution is -0.128. The Hall–Kier alpha value is -1.04. The zero-order valence-electron chi connectivity index (χ0n) is 7.86.